The van der Waals surface area contributed by atoms with Gasteiger partial charge in [0.05, 0.1) is 0 Å². The van der Waals surface area contributed by atoms with Crippen LogP contribution in [0.15, 0.2) is 12.1 Å². The van der Waals surface area contributed by atoms with E-state index in [1.54, 1.807) is 0 Å². The molecule has 0 N–H and O–H groups in total. The second-order valence-electron chi connectivity index (χ2n) is 2.89. The van der Waals surface area contributed by atoms with E-state index >= 15 is 0 Å². The molecule has 13 heavy (non-hydrogen) atoms. The van der Waals surface area contributed by atoms with E-state index in [0.717, 1.165) is 30.4 Å². The van der Waals surface area contributed by atoms with Gasteiger partial charge in [-0.15, -0.1) is 0 Å². The van der Waals surface area contributed by atoms with E-state index in [0.29, 0.717) is 0 Å². The third kappa shape index (κ3) is 2.06. The molecule has 1 aromatic rings. The Kier molecular flexibility index (Phi) is 3.40. The topological polar surface area (TPSA) is 0 Å². The highest BCUT2D eigenvalue weighted by Gasteiger charge is 2.13. The third-order valence-corrected chi connectivity index (χ3v) is 2.13. The highest BCUT2D eigenvalue weighted by molar-refractivity contribution is 5.32. The fourth-order valence-electron chi connectivity index (χ4n) is 1.56. The molecular formula is C11H14F2. The van der Waals surface area contributed by atoms with Gasteiger partial charge < -0.3 is 0 Å². The lowest BCUT2D eigenvalue weighted by molar-refractivity contribution is 0.507. The summed E-state index contributed by atoms with van der Waals surface area (Å²) in [5.74, 6) is -1.43. The molecule has 0 bridgehead atoms. The molecule has 0 spiro atoms. The summed E-state index contributed by atoms with van der Waals surface area (Å²) < 4.78 is 25.2. The number of fused-ring (bicyclic) bond motifs is 1. The summed E-state index contributed by atoms with van der Waals surface area (Å²) in [4.78, 5) is 0. The predicted molar refractivity (Wildman–Crippen MR) is 49.7 cm³/mol. The SMILES string of the molecule is CC.Fc1cc2c(cc1F)CCC2. The summed E-state index contributed by atoms with van der Waals surface area (Å²) >= 11 is 0. The number of rotatable bonds is 0. The van der Waals surface area contributed by atoms with Crippen molar-refractivity contribution in [1.82, 2.24) is 0 Å². The lowest BCUT2D eigenvalue weighted by Gasteiger charge is -1.98. The minimum Gasteiger partial charge on any atom is -0.204 e. The van der Waals surface area contributed by atoms with Gasteiger partial charge in [-0.25, -0.2) is 8.78 Å². The van der Waals surface area contributed by atoms with Crippen molar-refractivity contribution < 1.29 is 8.78 Å². The Balaban J connectivity index is 0.000000396. The fraction of sp³-hybridized carbons (Fsp3) is 0.455. The summed E-state index contributed by atoms with van der Waals surface area (Å²) in [5.41, 5.74) is 1.95. The molecule has 0 nitrogen and oxygen atoms in total. The largest absolute Gasteiger partial charge is 0.204 e. The molecule has 0 radical (unpaired) electrons. The summed E-state index contributed by atoms with van der Waals surface area (Å²) in [6, 6.07) is 2.63. The van der Waals surface area contributed by atoms with Crippen LogP contribution in [0, 0.1) is 11.6 Å². The summed E-state index contributed by atoms with van der Waals surface area (Å²) in [5, 5.41) is 0. The van der Waals surface area contributed by atoms with Crippen LogP contribution in [-0.2, 0) is 12.8 Å². The summed E-state index contributed by atoms with van der Waals surface area (Å²) in [6.45, 7) is 4.00. The first kappa shape index (κ1) is 10.2. The fourth-order valence-corrected chi connectivity index (χ4v) is 1.56. The van der Waals surface area contributed by atoms with E-state index in [1.165, 1.54) is 12.1 Å². The molecule has 0 atom stereocenters. The van der Waals surface area contributed by atoms with Crippen molar-refractivity contribution in [3.63, 3.8) is 0 Å². The first-order valence-electron chi connectivity index (χ1n) is 4.74. The van der Waals surface area contributed by atoms with Crippen molar-refractivity contribution in [3.05, 3.63) is 34.9 Å². The van der Waals surface area contributed by atoms with Gasteiger partial charge in [0, 0.05) is 0 Å². The van der Waals surface area contributed by atoms with Crippen LogP contribution in [0.25, 0.3) is 0 Å². The molecule has 1 aromatic carbocycles. The Hall–Kier alpha value is -0.920. The lowest BCUT2D eigenvalue weighted by atomic mass is 10.1. The maximum absolute atomic E-state index is 12.6. The van der Waals surface area contributed by atoms with E-state index in [4.69, 9.17) is 0 Å². The van der Waals surface area contributed by atoms with Crippen LogP contribution in [0.5, 0.6) is 0 Å². The van der Waals surface area contributed by atoms with Crippen LogP contribution in [-0.4, -0.2) is 0 Å². The Morgan fingerprint density at radius 1 is 0.923 bits per heavy atom. The minimum atomic E-state index is -0.717. The molecule has 1 aliphatic carbocycles. The predicted octanol–water partition coefficient (Wildman–Crippen LogP) is 3.48. The highest BCUT2D eigenvalue weighted by Crippen LogP contribution is 2.23. The molecule has 2 rings (SSSR count). The molecule has 0 fully saturated rings. The van der Waals surface area contributed by atoms with Crippen molar-refractivity contribution in [2.75, 3.05) is 0 Å². The van der Waals surface area contributed by atoms with Crippen molar-refractivity contribution in [1.29, 1.82) is 0 Å². The van der Waals surface area contributed by atoms with Crippen LogP contribution in [0.2, 0.25) is 0 Å². The van der Waals surface area contributed by atoms with Crippen LogP contribution < -0.4 is 0 Å². The van der Waals surface area contributed by atoms with Gasteiger partial charge in [0.1, 0.15) is 0 Å². The van der Waals surface area contributed by atoms with Gasteiger partial charge in [0.25, 0.3) is 0 Å². The van der Waals surface area contributed by atoms with Crippen LogP contribution >= 0.6 is 0 Å². The molecule has 0 aromatic heterocycles. The van der Waals surface area contributed by atoms with E-state index < -0.39 is 11.6 Å². The Bertz CT molecular complexity index is 263. The van der Waals surface area contributed by atoms with E-state index in [-0.39, 0.29) is 0 Å². The van der Waals surface area contributed by atoms with Crippen molar-refractivity contribution >= 4 is 0 Å². The standard InChI is InChI=1S/C9H8F2.C2H6/c10-8-4-6-2-1-3-7(6)5-9(8)11;1-2/h4-5H,1-3H2;1-2H3. The van der Waals surface area contributed by atoms with Gasteiger partial charge in [-0.3, -0.25) is 0 Å². The van der Waals surface area contributed by atoms with Gasteiger partial charge in [-0.2, -0.15) is 0 Å². The van der Waals surface area contributed by atoms with Gasteiger partial charge >= 0.3 is 0 Å². The molecule has 0 unspecified atom stereocenters. The van der Waals surface area contributed by atoms with Gasteiger partial charge in [0.15, 0.2) is 11.6 Å². The molecule has 1 aliphatic rings. The molecule has 0 saturated heterocycles. The van der Waals surface area contributed by atoms with Gasteiger partial charge in [-0.1, -0.05) is 13.8 Å². The summed E-state index contributed by atoms with van der Waals surface area (Å²) in [6.07, 6.45) is 2.82. The summed E-state index contributed by atoms with van der Waals surface area (Å²) in [7, 11) is 0. The molecule has 0 amide bonds. The average molecular weight is 184 g/mol. The maximum atomic E-state index is 12.6. The van der Waals surface area contributed by atoms with Crippen LogP contribution in [0.3, 0.4) is 0 Å². The Morgan fingerprint density at radius 2 is 1.31 bits per heavy atom. The number of halogens is 2. The van der Waals surface area contributed by atoms with Crippen LogP contribution in [0.1, 0.15) is 31.4 Å². The molecule has 2 heteroatoms. The monoisotopic (exact) mass is 184 g/mol. The molecule has 0 heterocycles. The highest BCUT2D eigenvalue weighted by atomic mass is 19.2. The van der Waals surface area contributed by atoms with Crippen molar-refractivity contribution in [3.8, 4) is 0 Å². The maximum Gasteiger partial charge on any atom is 0.159 e. The van der Waals surface area contributed by atoms with E-state index in [1.807, 2.05) is 13.8 Å². The zero-order chi connectivity index (χ0) is 9.84. The first-order valence-corrected chi connectivity index (χ1v) is 4.74. The number of aryl methyl sites for hydroxylation is 2. The van der Waals surface area contributed by atoms with Crippen LogP contribution in [0.4, 0.5) is 8.78 Å². The quantitative estimate of drug-likeness (QED) is 0.579. The minimum absolute atomic E-state index is 0.717. The van der Waals surface area contributed by atoms with Gasteiger partial charge in [0.2, 0.25) is 0 Å². The Labute approximate surface area is 77.6 Å². The molecular weight excluding hydrogens is 170 g/mol. The third-order valence-electron chi connectivity index (χ3n) is 2.13. The zero-order valence-electron chi connectivity index (χ0n) is 8.03. The van der Waals surface area contributed by atoms with E-state index in [9.17, 15) is 8.78 Å². The average Bonchev–Trinajstić information content (AvgIpc) is 2.56. The smallest absolute Gasteiger partial charge is 0.159 e. The second-order valence-corrected chi connectivity index (χ2v) is 2.89. The van der Waals surface area contributed by atoms with Gasteiger partial charge in [-0.05, 0) is 42.5 Å². The lowest BCUT2D eigenvalue weighted by Crippen LogP contribution is -1.89. The Morgan fingerprint density at radius 3 is 1.69 bits per heavy atom. The zero-order valence-corrected chi connectivity index (χ0v) is 8.03. The van der Waals surface area contributed by atoms with Crippen molar-refractivity contribution in [2.45, 2.75) is 33.1 Å². The normalized spacial score (nSPS) is 13.2. The first-order chi connectivity index (χ1) is 6.27. The second kappa shape index (κ2) is 4.35. The number of hydrogen-bond donors (Lipinski definition) is 0. The number of hydrogen-bond acceptors (Lipinski definition) is 0. The molecule has 0 saturated carbocycles. The molecule has 0 aliphatic heterocycles. The van der Waals surface area contributed by atoms with Crippen molar-refractivity contribution in [2.24, 2.45) is 0 Å². The molecule has 72 valence electrons. The van der Waals surface area contributed by atoms with E-state index in [2.05, 4.69) is 0 Å². The number of benzene rings is 1.